The lowest BCUT2D eigenvalue weighted by Gasteiger charge is -2.41. The van der Waals surface area contributed by atoms with Crippen molar-refractivity contribution < 1.29 is 17.9 Å². The van der Waals surface area contributed by atoms with Crippen LogP contribution in [0.2, 0.25) is 39.3 Å². The first kappa shape index (κ1) is 24.3. The van der Waals surface area contributed by atoms with Crippen LogP contribution in [0.25, 0.3) is 10.9 Å². The van der Waals surface area contributed by atoms with E-state index in [9.17, 15) is 8.42 Å². The van der Waals surface area contributed by atoms with E-state index in [0.29, 0.717) is 23.1 Å². The summed E-state index contributed by atoms with van der Waals surface area (Å²) in [6, 6.07) is 9.30. The molecule has 6 nitrogen and oxygen atoms in total. The number of hydrogen-bond acceptors (Lipinski definition) is 5. The minimum Gasteiger partial charge on any atom is -0.359 e. The Morgan fingerprint density at radius 3 is 2.17 bits per heavy atom. The average molecular weight is 457 g/mol. The van der Waals surface area contributed by atoms with Crippen LogP contribution in [0.4, 0.5) is 0 Å². The molecule has 0 aliphatic carbocycles. The molecule has 2 aromatic rings. The van der Waals surface area contributed by atoms with Crippen molar-refractivity contribution in [2.45, 2.75) is 50.6 Å². The molecule has 2 rings (SSSR count). The van der Waals surface area contributed by atoms with Gasteiger partial charge >= 0.3 is 0 Å². The fourth-order valence-electron chi connectivity index (χ4n) is 4.23. The zero-order valence-corrected chi connectivity index (χ0v) is 21.8. The van der Waals surface area contributed by atoms with Crippen LogP contribution < -0.4 is 5.32 Å². The van der Waals surface area contributed by atoms with Crippen molar-refractivity contribution in [3.05, 3.63) is 36.0 Å². The number of methoxy groups -OCH3 is 1. The van der Waals surface area contributed by atoms with Gasteiger partial charge in [-0.1, -0.05) is 57.5 Å². The Bertz CT molecular complexity index is 916. The second kappa shape index (κ2) is 9.03. The third kappa shape index (κ3) is 6.02. The molecule has 1 heterocycles. The minimum atomic E-state index is -3.49. The molecule has 0 bridgehead atoms. The van der Waals surface area contributed by atoms with Crippen LogP contribution in [0.1, 0.15) is 11.7 Å². The van der Waals surface area contributed by atoms with E-state index < -0.39 is 26.2 Å². The van der Waals surface area contributed by atoms with Crippen LogP contribution in [-0.4, -0.2) is 60.6 Å². The summed E-state index contributed by atoms with van der Waals surface area (Å²) >= 11 is 0. The molecule has 0 amide bonds. The third-order valence-electron chi connectivity index (χ3n) is 4.97. The first-order valence-corrected chi connectivity index (χ1v) is 18.9. The molecule has 1 unspecified atom stereocenters. The van der Waals surface area contributed by atoms with Gasteiger partial charge in [-0.2, -0.15) is 0 Å². The second-order valence-electron chi connectivity index (χ2n) is 9.82. The average Bonchev–Trinajstić information content (AvgIpc) is 2.95. The Labute approximate surface area is 177 Å². The van der Waals surface area contributed by atoms with Gasteiger partial charge < -0.3 is 14.8 Å². The molecule has 1 atom stereocenters. The molecule has 0 aliphatic rings. The Morgan fingerprint density at radius 1 is 1.07 bits per heavy atom. The van der Waals surface area contributed by atoms with Crippen molar-refractivity contribution in [1.82, 2.24) is 9.29 Å². The van der Waals surface area contributed by atoms with Gasteiger partial charge in [0.15, 0.2) is 0 Å². The molecular formula is C20H36N2O4SSi2. The lowest BCUT2D eigenvalue weighted by atomic mass is 10.2. The normalized spacial score (nSPS) is 14.7. The summed E-state index contributed by atoms with van der Waals surface area (Å²) < 4.78 is 37.7. The molecule has 0 aliphatic heterocycles. The third-order valence-corrected chi connectivity index (χ3v) is 15.0. The van der Waals surface area contributed by atoms with Gasteiger partial charge in [0.2, 0.25) is 10.0 Å². The van der Waals surface area contributed by atoms with Crippen molar-refractivity contribution in [2.75, 3.05) is 26.8 Å². The highest BCUT2D eigenvalue weighted by molar-refractivity contribution is 7.89. The van der Waals surface area contributed by atoms with Crippen LogP contribution in [0, 0.1) is 0 Å². The number of benzene rings is 1. The molecule has 1 aromatic carbocycles. The molecule has 0 spiro atoms. The van der Waals surface area contributed by atoms with E-state index in [1.807, 2.05) is 30.3 Å². The van der Waals surface area contributed by atoms with E-state index in [2.05, 4.69) is 44.6 Å². The smallest absolute Gasteiger partial charge is 0.236 e. The molecule has 1 aromatic heterocycles. The van der Waals surface area contributed by atoms with E-state index in [1.165, 1.54) is 10.2 Å². The van der Waals surface area contributed by atoms with Crippen molar-refractivity contribution in [3.63, 3.8) is 0 Å². The maximum Gasteiger partial charge on any atom is 0.236 e. The number of nitrogens with one attached hydrogen (secondary N) is 1. The predicted octanol–water partition coefficient (Wildman–Crippen LogP) is 3.82. The fourth-order valence-corrected chi connectivity index (χ4v) is 17.1. The highest BCUT2D eigenvalue weighted by Gasteiger charge is 2.39. The van der Waals surface area contributed by atoms with Gasteiger partial charge in [-0.15, -0.1) is 0 Å². The number of rotatable bonds is 10. The molecule has 0 fully saturated rings. The highest BCUT2D eigenvalue weighted by atomic mass is 32.2. The predicted molar refractivity (Wildman–Crippen MR) is 126 cm³/mol. The zero-order chi connectivity index (χ0) is 22.0. The SMILES string of the molecule is COCOCC(NC([Si](C)(C)C)[Si](C)(C)C)c1cc2ccccc2n1S(C)(=O)=O. The molecule has 29 heavy (non-hydrogen) atoms. The molecule has 0 saturated heterocycles. The maximum absolute atomic E-state index is 12.7. The summed E-state index contributed by atoms with van der Waals surface area (Å²) in [7, 11) is -5.03. The molecule has 164 valence electrons. The number of fused-ring (bicyclic) bond motifs is 1. The van der Waals surface area contributed by atoms with Crippen molar-refractivity contribution >= 4 is 37.1 Å². The molecule has 9 heteroatoms. The van der Waals surface area contributed by atoms with Crippen molar-refractivity contribution in [1.29, 1.82) is 0 Å². The molecule has 0 saturated carbocycles. The van der Waals surface area contributed by atoms with Gasteiger partial charge in [-0.25, -0.2) is 12.4 Å². The fraction of sp³-hybridized carbons (Fsp3) is 0.600. The van der Waals surface area contributed by atoms with E-state index in [-0.39, 0.29) is 12.8 Å². The topological polar surface area (TPSA) is 69.6 Å². The van der Waals surface area contributed by atoms with E-state index >= 15 is 0 Å². The number of ether oxygens (including phenoxy) is 2. The van der Waals surface area contributed by atoms with Crippen LogP contribution in [-0.2, 0) is 19.5 Å². The van der Waals surface area contributed by atoms with Gasteiger partial charge in [0, 0.05) is 12.5 Å². The van der Waals surface area contributed by atoms with Crippen LogP contribution >= 0.6 is 0 Å². The first-order chi connectivity index (χ1) is 13.3. The lowest BCUT2D eigenvalue weighted by Crippen LogP contribution is -2.63. The summed E-state index contributed by atoms with van der Waals surface area (Å²) in [4.78, 5) is 0. The zero-order valence-electron chi connectivity index (χ0n) is 18.9. The standard InChI is InChI=1S/C20H36N2O4SSi2/c1-25-15-26-14-17(21-20(28(3,4)5)29(6,7)8)19-13-16-11-9-10-12-18(16)22(19)27(2,23)24/h9-13,17,20-21H,14-15H2,1-8H3. The van der Waals surface area contributed by atoms with Crippen LogP contribution in [0.3, 0.4) is 0 Å². The summed E-state index contributed by atoms with van der Waals surface area (Å²) in [5.74, 6) is 0. The summed E-state index contributed by atoms with van der Waals surface area (Å²) in [6.45, 7) is 14.7. The van der Waals surface area contributed by atoms with Gasteiger partial charge in [-0.05, 0) is 17.4 Å². The Balaban J connectivity index is 2.61. The van der Waals surface area contributed by atoms with E-state index in [1.54, 1.807) is 7.11 Å². The summed E-state index contributed by atoms with van der Waals surface area (Å²) in [5, 5.41) is 5.13. The summed E-state index contributed by atoms with van der Waals surface area (Å²) in [6.07, 6.45) is 1.25. The number of para-hydroxylation sites is 1. The van der Waals surface area contributed by atoms with E-state index in [4.69, 9.17) is 9.47 Å². The molecule has 1 N–H and O–H groups in total. The monoisotopic (exact) mass is 456 g/mol. The summed E-state index contributed by atoms with van der Waals surface area (Å²) in [5.41, 5.74) is 1.41. The molecular weight excluding hydrogens is 420 g/mol. The Morgan fingerprint density at radius 2 is 1.66 bits per heavy atom. The van der Waals surface area contributed by atoms with Crippen LogP contribution in [0.5, 0.6) is 0 Å². The van der Waals surface area contributed by atoms with Crippen molar-refractivity contribution in [3.8, 4) is 0 Å². The van der Waals surface area contributed by atoms with Gasteiger partial charge in [0.05, 0.1) is 46.3 Å². The van der Waals surface area contributed by atoms with Crippen molar-refractivity contribution in [2.24, 2.45) is 0 Å². The number of nitrogens with zero attached hydrogens (tertiary/aromatic N) is 1. The first-order valence-electron chi connectivity index (χ1n) is 9.90. The Kier molecular flexibility index (Phi) is 7.56. The highest BCUT2D eigenvalue weighted by Crippen LogP contribution is 2.29. The van der Waals surface area contributed by atoms with Gasteiger partial charge in [-0.3, -0.25) is 0 Å². The largest absolute Gasteiger partial charge is 0.359 e. The Hall–Kier alpha value is -0.976. The number of hydrogen-bond donors (Lipinski definition) is 1. The van der Waals surface area contributed by atoms with Crippen LogP contribution in [0.15, 0.2) is 30.3 Å². The molecule has 0 radical (unpaired) electrons. The minimum absolute atomic E-state index is 0.168. The lowest BCUT2D eigenvalue weighted by molar-refractivity contribution is -0.0385. The number of aromatic nitrogens is 1. The van der Waals surface area contributed by atoms with Gasteiger partial charge in [0.25, 0.3) is 0 Å². The van der Waals surface area contributed by atoms with E-state index in [0.717, 1.165) is 5.39 Å². The maximum atomic E-state index is 12.7. The van der Waals surface area contributed by atoms with Gasteiger partial charge in [0.1, 0.15) is 6.79 Å². The second-order valence-corrected chi connectivity index (χ2v) is 22.8. The quantitative estimate of drug-likeness (QED) is 0.334.